The van der Waals surface area contributed by atoms with Gasteiger partial charge in [0, 0.05) is 11.3 Å². The lowest BCUT2D eigenvalue weighted by Gasteiger charge is -2.36. The summed E-state index contributed by atoms with van der Waals surface area (Å²) >= 11 is 1.89. The molecule has 1 aliphatic heterocycles. The van der Waals surface area contributed by atoms with Crippen molar-refractivity contribution in [2.24, 2.45) is 11.3 Å². The standard InChI is InChI=1S/C16H20OS/c1-5-12-6-8-13(9-7-12)15-17-10-14(11-18-15)16(2,3)4/h1,6-9,14-15H,10-11H2,2-4H3/t14-,15+/m0/s1. The zero-order valence-electron chi connectivity index (χ0n) is 11.3. The summed E-state index contributed by atoms with van der Waals surface area (Å²) in [5.41, 5.74) is 2.62. The topological polar surface area (TPSA) is 9.23 Å². The first-order valence-electron chi connectivity index (χ1n) is 6.30. The molecule has 1 nitrogen and oxygen atoms in total. The average Bonchev–Trinajstić information content (AvgIpc) is 2.38. The third kappa shape index (κ3) is 3.10. The van der Waals surface area contributed by atoms with E-state index in [1.165, 1.54) is 5.56 Å². The fraction of sp³-hybridized carbons (Fsp3) is 0.500. The van der Waals surface area contributed by atoms with Crippen LogP contribution in [0.4, 0.5) is 0 Å². The van der Waals surface area contributed by atoms with E-state index in [-0.39, 0.29) is 5.44 Å². The molecule has 0 saturated carbocycles. The molecular weight excluding hydrogens is 240 g/mol. The van der Waals surface area contributed by atoms with Crippen LogP contribution in [0.25, 0.3) is 0 Å². The maximum Gasteiger partial charge on any atom is 0.128 e. The SMILES string of the molecule is C#Cc1ccc([C@@H]2OC[C@H](C(C)(C)C)CS2)cc1. The molecule has 0 N–H and O–H groups in total. The second-order valence-corrected chi connectivity index (χ2v) is 6.92. The summed E-state index contributed by atoms with van der Waals surface area (Å²) in [5.74, 6) is 4.42. The van der Waals surface area contributed by atoms with E-state index in [2.05, 4.69) is 38.8 Å². The number of hydrogen-bond acceptors (Lipinski definition) is 2. The van der Waals surface area contributed by atoms with Crippen LogP contribution in [0.2, 0.25) is 0 Å². The van der Waals surface area contributed by atoms with Gasteiger partial charge in [-0.25, -0.2) is 0 Å². The zero-order chi connectivity index (χ0) is 13.2. The predicted octanol–water partition coefficient (Wildman–Crippen LogP) is 4.09. The molecule has 1 fully saturated rings. The van der Waals surface area contributed by atoms with Crippen molar-refractivity contribution >= 4 is 11.8 Å². The molecule has 0 bridgehead atoms. The highest BCUT2D eigenvalue weighted by atomic mass is 32.2. The quantitative estimate of drug-likeness (QED) is 0.703. The predicted molar refractivity (Wildman–Crippen MR) is 78.5 cm³/mol. The van der Waals surface area contributed by atoms with Crippen molar-refractivity contribution in [2.75, 3.05) is 12.4 Å². The molecule has 0 amide bonds. The van der Waals surface area contributed by atoms with E-state index in [4.69, 9.17) is 11.2 Å². The summed E-state index contributed by atoms with van der Waals surface area (Å²) in [6.45, 7) is 7.69. The summed E-state index contributed by atoms with van der Waals surface area (Å²) < 4.78 is 5.99. The van der Waals surface area contributed by atoms with Crippen LogP contribution in [0.3, 0.4) is 0 Å². The van der Waals surface area contributed by atoms with Gasteiger partial charge in [-0.2, -0.15) is 0 Å². The van der Waals surface area contributed by atoms with Crippen LogP contribution in [0.5, 0.6) is 0 Å². The lowest BCUT2D eigenvalue weighted by Crippen LogP contribution is -2.31. The number of benzene rings is 1. The molecule has 0 spiro atoms. The number of rotatable bonds is 1. The van der Waals surface area contributed by atoms with Crippen LogP contribution in [0.15, 0.2) is 24.3 Å². The highest BCUT2D eigenvalue weighted by Gasteiger charge is 2.31. The van der Waals surface area contributed by atoms with E-state index in [1.807, 2.05) is 23.9 Å². The van der Waals surface area contributed by atoms with Crippen LogP contribution < -0.4 is 0 Å². The minimum Gasteiger partial charge on any atom is -0.362 e. The fourth-order valence-electron chi connectivity index (χ4n) is 1.93. The van der Waals surface area contributed by atoms with Crippen LogP contribution in [0.1, 0.15) is 37.3 Å². The number of hydrogen-bond donors (Lipinski definition) is 0. The zero-order valence-corrected chi connectivity index (χ0v) is 12.1. The van der Waals surface area contributed by atoms with Crippen molar-refractivity contribution in [1.29, 1.82) is 0 Å². The molecule has 1 aliphatic rings. The molecule has 2 atom stereocenters. The molecular formula is C16H20OS. The Balaban J connectivity index is 1.99. The monoisotopic (exact) mass is 260 g/mol. The van der Waals surface area contributed by atoms with E-state index in [1.54, 1.807) is 0 Å². The van der Waals surface area contributed by atoms with Gasteiger partial charge in [-0.3, -0.25) is 0 Å². The van der Waals surface area contributed by atoms with E-state index in [0.29, 0.717) is 11.3 Å². The van der Waals surface area contributed by atoms with E-state index < -0.39 is 0 Å². The smallest absolute Gasteiger partial charge is 0.128 e. The molecule has 0 aromatic heterocycles. The van der Waals surface area contributed by atoms with Gasteiger partial charge in [0.25, 0.3) is 0 Å². The highest BCUT2D eigenvalue weighted by Crippen LogP contribution is 2.41. The van der Waals surface area contributed by atoms with Gasteiger partial charge in [-0.05, 0) is 29.0 Å². The van der Waals surface area contributed by atoms with Gasteiger partial charge in [0.1, 0.15) is 5.44 Å². The van der Waals surface area contributed by atoms with Crippen molar-refractivity contribution < 1.29 is 4.74 Å². The van der Waals surface area contributed by atoms with Gasteiger partial charge in [0.05, 0.1) is 6.61 Å². The summed E-state index contributed by atoms with van der Waals surface area (Å²) in [6, 6.07) is 8.11. The molecule has 0 aliphatic carbocycles. The van der Waals surface area contributed by atoms with Crippen LogP contribution in [-0.2, 0) is 4.74 Å². The minimum absolute atomic E-state index is 0.162. The molecule has 18 heavy (non-hydrogen) atoms. The van der Waals surface area contributed by atoms with Crippen molar-refractivity contribution in [1.82, 2.24) is 0 Å². The van der Waals surface area contributed by atoms with E-state index in [0.717, 1.165) is 17.9 Å². The van der Waals surface area contributed by atoms with Gasteiger partial charge in [-0.1, -0.05) is 38.8 Å². The van der Waals surface area contributed by atoms with Crippen molar-refractivity contribution in [3.05, 3.63) is 35.4 Å². The maximum absolute atomic E-state index is 5.99. The second-order valence-electron chi connectivity index (χ2n) is 5.83. The van der Waals surface area contributed by atoms with Crippen LogP contribution in [-0.4, -0.2) is 12.4 Å². The molecule has 96 valence electrons. The van der Waals surface area contributed by atoms with Gasteiger partial charge in [0.2, 0.25) is 0 Å². The van der Waals surface area contributed by atoms with E-state index in [9.17, 15) is 0 Å². The first kappa shape index (κ1) is 13.5. The molecule has 1 heterocycles. The minimum atomic E-state index is 0.162. The van der Waals surface area contributed by atoms with E-state index >= 15 is 0 Å². The Morgan fingerprint density at radius 3 is 2.39 bits per heavy atom. The largest absolute Gasteiger partial charge is 0.362 e. The normalized spacial score (nSPS) is 24.6. The number of ether oxygens (including phenoxy) is 1. The van der Waals surface area contributed by atoms with Crippen LogP contribution in [0, 0.1) is 23.7 Å². The van der Waals surface area contributed by atoms with Crippen molar-refractivity contribution in [3.8, 4) is 12.3 Å². The Kier molecular flexibility index (Phi) is 4.04. The lowest BCUT2D eigenvalue weighted by atomic mass is 9.82. The number of thioether (sulfide) groups is 1. The lowest BCUT2D eigenvalue weighted by molar-refractivity contribution is 0.0396. The summed E-state index contributed by atoms with van der Waals surface area (Å²) in [4.78, 5) is 0. The van der Waals surface area contributed by atoms with Gasteiger partial charge < -0.3 is 4.74 Å². The summed E-state index contributed by atoms with van der Waals surface area (Å²) in [7, 11) is 0. The van der Waals surface area contributed by atoms with Crippen LogP contribution >= 0.6 is 11.8 Å². The van der Waals surface area contributed by atoms with Gasteiger partial charge in [-0.15, -0.1) is 18.2 Å². The molecule has 1 aromatic carbocycles. The highest BCUT2D eigenvalue weighted by molar-refractivity contribution is 7.99. The number of terminal acetylenes is 1. The first-order valence-corrected chi connectivity index (χ1v) is 7.35. The Hall–Kier alpha value is -0.910. The molecule has 1 aromatic rings. The Morgan fingerprint density at radius 2 is 1.94 bits per heavy atom. The molecule has 2 heteroatoms. The summed E-state index contributed by atoms with van der Waals surface area (Å²) in [6.07, 6.45) is 5.36. The van der Waals surface area contributed by atoms with Crippen molar-refractivity contribution in [2.45, 2.75) is 26.2 Å². The Bertz CT molecular complexity index is 428. The van der Waals surface area contributed by atoms with Crippen molar-refractivity contribution in [3.63, 3.8) is 0 Å². The summed E-state index contributed by atoms with van der Waals surface area (Å²) in [5, 5.41) is 0. The average molecular weight is 260 g/mol. The third-order valence-corrected chi connectivity index (χ3v) is 4.78. The second kappa shape index (κ2) is 5.38. The Labute approximate surface area is 114 Å². The molecule has 0 radical (unpaired) electrons. The first-order chi connectivity index (χ1) is 8.50. The molecule has 2 rings (SSSR count). The molecule has 1 saturated heterocycles. The van der Waals surface area contributed by atoms with Gasteiger partial charge >= 0.3 is 0 Å². The molecule has 0 unspecified atom stereocenters. The van der Waals surface area contributed by atoms with Gasteiger partial charge in [0.15, 0.2) is 0 Å². The maximum atomic E-state index is 5.99. The Morgan fingerprint density at radius 1 is 1.28 bits per heavy atom. The fourth-order valence-corrected chi connectivity index (χ4v) is 3.46. The third-order valence-electron chi connectivity index (χ3n) is 3.47.